The Labute approximate surface area is 139 Å². The van der Waals surface area contributed by atoms with Gasteiger partial charge in [-0.15, -0.1) is 0 Å². The molecule has 1 aliphatic rings. The molecule has 1 atom stereocenters. The molecule has 2 N–H and O–H groups in total. The minimum Gasteiger partial charge on any atom is -0.454 e. The number of hydrogen-bond acceptors (Lipinski definition) is 3. The van der Waals surface area contributed by atoms with Crippen molar-refractivity contribution in [1.29, 1.82) is 0 Å². The molecule has 1 aliphatic heterocycles. The maximum atomic E-state index is 12.2. The minimum atomic E-state index is -0.0524. The lowest BCUT2D eigenvalue weighted by Gasteiger charge is -2.14. The Hall–Kier alpha value is -2.24. The Morgan fingerprint density at radius 1 is 1.22 bits per heavy atom. The van der Waals surface area contributed by atoms with Crippen LogP contribution in [0.15, 0.2) is 42.5 Å². The van der Waals surface area contributed by atoms with E-state index in [1.165, 1.54) is 0 Å². The predicted molar refractivity (Wildman–Crippen MR) is 88.1 cm³/mol. The molecule has 0 saturated heterocycles. The molecule has 0 spiro atoms. The second-order valence-corrected chi connectivity index (χ2v) is 5.99. The van der Waals surface area contributed by atoms with E-state index in [0.29, 0.717) is 28.8 Å². The first kappa shape index (κ1) is 15.6. The summed E-state index contributed by atoms with van der Waals surface area (Å²) in [6.07, 6.45) is 0. The van der Waals surface area contributed by atoms with Crippen molar-refractivity contribution >= 4 is 23.2 Å². The summed E-state index contributed by atoms with van der Waals surface area (Å²) in [7, 11) is 1.97. The van der Waals surface area contributed by atoms with Crippen LogP contribution in [0.2, 0.25) is 5.02 Å². The Morgan fingerprint density at radius 2 is 2.04 bits per heavy atom. The molecule has 120 valence electrons. The average Bonchev–Trinajstić information content (AvgIpc) is 2.94. The van der Waals surface area contributed by atoms with Gasteiger partial charge in [-0.3, -0.25) is 4.79 Å². The van der Waals surface area contributed by atoms with Crippen LogP contribution < -0.4 is 19.7 Å². The zero-order chi connectivity index (χ0) is 16.2. The Bertz CT molecular complexity index is 721. The molecule has 5 nitrogen and oxygen atoms in total. The van der Waals surface area contributed by atoms with Gasteiger partial charge in [-0.05, 0) is 24.3 Å². The number of quaternary nitrogens is 1. The third-order valence-corrected chi connectivity index (χ3v) is 3.75. The third kappa shape index (κ3) is 4.15. The lowest BCUT2D eigenvalue weighted by Crippen LogP contribution is -3.08. The first-order valence-electron chi connectivity index (χ1n) is 7.35. The Morgan fingerprint density at radius 3 is 2.87 bits per heavy atom. The molecule has 3 rings (SSSR count). The highest BCUT2D eigenvalue weighted by Gasteiger charge is 2.15. The van der Waals surface area contributed by atoms with E-state index in [9.17, 15) is 4.79 Å². The second kappa shape index (κ2) is 6.89. The highest BCUT2D eigenvalue weighted by atomic mass is 35.5. The van der Waals surface area contributed by atoms with Gasteiger partial charge >= 0.3 is 0 Å². The van der Waals surface area contributed by atoms with E-state index in [0.717, 1.165) is 17.0 Å². The molecule has 0 radical (unpaired) electrons. The van der Waals surface area contributed by atoms with Crippen LogP contribution in [0.1, 0.15) is 5.56 Å². The number of amides is 1. The molecule has 0 aromatic heterocycles. The SMILES string of the molecule is C[NH+](CC(=O)Nc1ccc2c(c1)OCO2)Cc1cccc(Cl)c1. The van der Waals surface area contributed by atoms with Gasteiger partial charge in [-0.25, -0.2) is 0 Å². The van der Waals surface area contributed by atoms with Crippen molar-refractivity contribution in [3.05, 3.63) is 53.1 Å². The minimum absolute atomic E-state index is 0.0524. The van der Waals surface area contributed by atoms with Crippen LogP contribution in [-0.4, -0.2) is 26.3 Å². The first-order chi connectivity index (χ1) is 11.1. The number of rotatable bonds is 5. The number of halogens is 1. The van der Waals surface area contributed by atoms with Gasteiger partial charge in [0, 0.05) is 22.3 Å². The van der Waals surface area contributed by atoms with Crippen molar-refractivity contribution < 1.29 is 19.2 Å². The van der Waals surface area contributed by atoms with E-state index >= 15 is 0 Å². The smallest absolute Gasteiger partial charge is 0.279 e. The van der Waals surface area contributed by atoms with Crippen LogP contribution in [-0.2, 0) is 11.3 Å². The molecule has 23 heavy (non-hydrogen) atoms. The highest BCUT2D eigenvalue weighted by molar-refractivity contribution is 6.30. The summed E-state index contributed by atoms with van der Waals surface area (Å²) in [6, 6.07) is 13.0. The van der Waals surface area contributed by atoms with E-state index < -0.39 is 0 Å². The first-order valence-corrected chi connectivity index (χ1v) is 7.73. The lowest BCUT2D eigenvalue weighted by atomic mass is 10.2. The summed E-state index contributed by atoms with van der Waals surface area (Å²) in [5.74, 6) is 1.30. The van der Waals surface area contributed by atoms with Crippen molar-refractivity contribution in [1.82, 2.24) is 0 Å². The van der Waals surface area contributed by atoms with Gasteiger partial charge in [0.05, 0.1) is 7.05 Å². The Balaban J connectivity index is 1.54. The van der Waals surface area contributed by atoms with Gasteiger partial charge in [-0.1, -0.05) is 23.7 Å². The molecule has 0 bridgehead atoms. The molecule has 2 aromatic carbocycles. The van der Waals surface area contributed by atoms with E-state index in [4.69, 9.17) is 21.1 Å². The fourth-order valence-electron chi connectivity index (χ4n) is 2.51. The van der Waals surface area contributed by atoms with Gasteiger partial charge in [-0.2, -0.15) is 0 Å². The van der Waals surface area contributed by atoms with E-state index in [-0.39, 0.29) is 12.7 Å². The topological polar surface area (TPSA) is 52.0 Å². The highest BCUT2D eigenvalue weighted by Crippen LogP contribution is 2.34. The number of nitrogens with one attached hydrogen (secondary N) is 2. The predicted octanol–water partition coefficient (Wildman–Crippen LogP) is 1.72. The number of likely N-dealkylation sites (N-methyl/N-ethyl adjacent to an activating group) is 1. The number of ether oxygens (including phenoxy) is 2. The summed E-state index contributed by atoms with van der Waals surface area (Å²) in [6.45, 7) is 1.31. The Kier molecular flexibility index (Phi) is 4.69. The van der Waals surface area contributed by atoms with Crippen molar-refractivity contribution in [2.24, 2.45) is 0 Å². The van der Waals surface area contributed by atoms with Crippen molar-refractivity contribution in [2.45, 2.75) is 6.54 Å². The standard InChI is InChI=1S/C17H17ClN2O3/c1-20(9-12-3-2-4-13(18)7-12)10-17(21)19-14-5-6-15-16(8-14)23-11-22-15/h2-8H,9-11H2,1H3,(H,19,21)/p+1. The van der Waals surface area contributed by atoms with Crippen LogP contribution in [0.5, 0.6) is 11.5 Å². The second-order valence-electron chi connectivity index (χ2n) is 5.56. The van der Waals surface area contributed by atoms with E-state index in [1.807, 2.05) is 31.3 Å². The number of carbonyl (C=O) groups excluding carboxylic acids is 1. The monoisotopic (exact) mass is 333 g/mol. The zero-order valence-corrected chi connectivity index (χ0v) is 13.5. The van der Waals surface area contributed by atoms with Gasteiger partial charge in [0.1, 0.15) is 6.54 Å². The van der Waals surface area contributed by atoms with Crippen LogP contribution in [0.25, 0.3) is 0 Å². The van der Waals surface area contributed by atoms with Crippen molar-refractivity contribution in [3.63, 3.8) is 0 Å². The number of hydrogen-bond donors (Lipinski definition) is 2. The number of anilines is 1. The molecular formula is C17H18ClN2O3+. The third-order valence-electron chi connectivity index (χ3n) is 3.51. The molecule has 0 aliphatic carbocycles. The average molecular weight is 334 g/mol. The summed E-state index contributed by atoms with van der Waals surface area (Å²) >= 11 is 5.98. The molecule has 2 aromatic rings. The summed E-state index contributed by atoms with van der Waals surface area (Å²) in [5.41, 5.74) is 1.81. The van der Waals surface area contributed by atoms with Gasteiger partial charge in [0.25, 0.3) is 5.91 Å². The lowest BCUT2D eigenvalue weighted by molar-refractivity contribution is -0.885. The van der Waals surface area contributed by atoms with Gasteiger partial charge in [0.15, 0.2) is 18.0 Å². The maximum absolute atomic E-state index is 12.2. The molecule has 1 unspecified atom stereocenters. The quantitative estimate of drug-likeness (QED) is 0.876. The zero-order valence-electron chi connectivity index (χ0n) is 12.8. The van der Waals surface area contributed by atoms with Crippen LogP contribution in [0.3, 0.4) is 0 Å². The van der Waals surface area contributed by atoms with Crippen molar-refractivity contribution in [3.8, 4) is 11.5 Å². The fourth-order valence-corrected chi connectivity index (χ4v) is 2.72. The molecular weight excluding hydrogens is 316 g/mol. The molecule has 0 fully saturated rings. The normalized spacial score (nSPS) is 13.7. The fraction of sp³-hybridized carbons (Fsp3) is 0.235. The summed E-state index contributed by atoms with van der Waals surface area (Å²) < 4.78 is 10.5. The molecule has 1 amide bonds. The molecule has 0 saturated carbocycles. The largest absolute Gasteiger partial charge is 0.454 e. The number of carbonyl (C=O) groups is 1. The van der Waals surface area contributed by atoms with Gasteiger partial charge < -0.3 is 19.7 Å². The number of fused-ring (bicyclic) bond motifs is 1. The maximum Gasteiger partial charge on any atom is 0.279 e. The van der Waals surface area contributed by atoms with E-state index in [2.05, 4.69) is 5.32 Å². The van der Waals surface area contributed by atoms with Crippen LogP contribution in [0, 0.1) is 0 Å². The summed E-state index contributed by atoms with van der Waals surface area (Å²) in [4.78, 5) is 13.2. The van der Waals surface area contributed by atoms with Crippen molar-refractivity contribution in [2.75, 3.05) is 25.7 Å². The van der Waals surface area contributed by atoms with Gasteiger partial charge in [0.2, 0.25) is 6.79 Å². The number of benzene rings is 2. The van der Waals surface area contributed by atoms with E-state index in [1.54, 1.807) is 18.2 Å². The molecule has 1 heterocycles. The summed E-state index contributed by atoms with van der Waals surface area (Å²) in [5, 5.41) is 3.59. The molecule has 6 heteroatoms. The van der Waals surface area contributed by atoms with Crippen LogP contribution >= 0.6 is 11.6 Å². The van der Waals surface area contributed by atoms with Crippen LogP contribution in [0.4, 0.5) is 5.69 Å².